The van der Waals surface area contributed by atoms with Gasteiger partial charge in [-0.15, -0.1) is 0 Å². The number of carbonyl (C=O) groups is 1. The molecule has 1 unspecified atom stereocenters. The van der Waals surface area contributed by atoms with Crippen LogP contribution in [0.1, 0.15) is 18.6 Å². The highest BCUT2D eigenvalue weighted by atomic mass is 16.5. The van der Waals surface area contributed by atoms with Gasteiger partial charge in [0.2, 0.25) is 11.8 Å². The summed E-state index contributed by atoms with van der Waals surface area (Å²) in [5, 5.41) is 6.39. The molecule has 1 heterocycles. The van der Waals surface area contributed by atoms with Crippen LogP contribution >= 0.6 is 0 Å². The van der Waals surface area contributed by atoms with E-state index in [0.717, 1.165) is 0 Å². The average Bonchev–Trinajstić information content (AvgIpc) is 2.63. The zero-order valence-electron chi connectivity index (χ0n) is 8.99. The quantitative estimate of drug-likeness (QED) is 0.694. The minimum atomic E-state index is -0.158. The highest BCUT2D eigenvalue weighted by molar-refractivity contribution is 5.78. The fraction of sp³-hybridized carbons (Fsp3) is 0.667. The summed E-state index contributed by atoms with van der Waals surface area (Å²) in [6.07, 6.45) is 0.546. The van der Waals surface area contributed by atoms with E-state index in [-0.39, 0.29) is 11.8 Å². The number of amides is 1. The first-order chi connectivity index (χ1) is 7.13. The Morgan fingerprint density at radius 3 is 2.93 bits per heavy atom. The second-order valence-electron chi connectivity index (χ2n) is 3.41. The van der Waals surface area contributed by atoms with E-state index in [4.69, 9.17) is 10.3 Å². The summed E-state index contributed by atoms with van der Waals surface area (Å²) < 4.78 is 4.90. The van der Waals surface area contributed by atoms with Crippen molar-refractivity contribution >= 4 is 5.91 Å². The average molecular weight is 212 g/mol. The SMILES string of the molecule is Cc1noc(CCNC(=O)C(C)CN)n1. The smallest absolute Gasteiger partial charge is 0.228 e. The summed E-state index contributed by atoms with van der Waals surface area (Å²) in [5.41, 5.74) is 5.36. The van der Waals surface area contributed by atoms with E-state index in [1.807, 2.05) is 0 Å². The maximum atomic E-state index is 11.3. The Balaban J connectivity index is 2.24. The van der Waals surface area contributed by atoms with Crippen molar-refractivity contribution in [3.05, 3.63) is 11.7 Å². The third-order valence-electron chi connectivity index (χ3n) is 2.01. The van der Waals surface area contributed by atoms with Crippen molar-refractivity contribution in [1.82, 2.24) is 15.5 Å². The van der Waals surface area contributed by atoms with Crippen LogP contribution in [0.5, 0.6) is 0 Å². The number of hydrogen-bond donors (Lipinski definition) is 2. The first-order valence-electron chi connectivity index (χ1n) is 4.90. The molecule has 1 aromatic heterocycles. The summed E-state index contributed by atoms with van der Waals surface area (Å²) in [7, 11) is 0. The predicted octanol–water partition coefficient (Wildman–Crippen LogP) is -0.368. The minimum Gasteiger partial charge on any atom is -0.355 e. The van der Waals surface area contributed by atoms with Gasteiger partial charge < -0.3 is 15.6 Å². The largest absolute Gasteiger partial charge is 0.355 e. The number of rotatable bonds is 5. The molecule has 0 fully saturated rings. The zero-order chi connectivity index (χ0) is 11.3. The van der Waals surface area contributed by atoms with Crippen LogP contribution in [0.15, 0.2) is 4.52 Å². The Hall–Kier alpha value is -1.43. The minimum absolute atomic E-state index is 0.0475. The van der Waals surface area contributed by atoms with Gasteiger partial charge in [0.15, 0.2) is 5.82 Å². The van der Waals surface area contributed by atoms with Gasteiger partial charge in [-0.05, 0) is 6.92 Å². The molecule has 84 valence electrons. The first kappa shape index (κ1) is 11.6. The van der Waals surface area contributed by atoms with Gasteiger partial charge in [-0.25, -0.2) is 0 Å². The van der Waals surface area contributed by atoms with Crippen LogP contribution in [0.4, 0.5) is 0 Å². The Morgan fingerprint density at radius 2 is 2.40 bits per heavy atom. The van der Waals surface area contributed by atoms with E-state index in [2.05, 4.69) is 15.5 Å². The third-order valence-corrected chi connectivity index (χ3v) is 2.01. The van der Waals surface area contributed by atoms with Crippen LogP contribution in [-0.2, 0) is 11.2 Å². The van der Waals surface area contributed by atoms with E-state index in [1.54, 1.807) is 13.8 Å². The Morgan fingerprint density at radius 1 is 1.67 bits per heavy atom. The molecular weight excluding hydrogens is 196 g/mol. The molecule has 0 bridgehead atoms. The zero-order valence-corrected chi connectivity index (χ0v) is 8.99. The monoisotopic (exact) mass is 212 g/mol. The molecule has 0 saturated heterocycles. The van der Waals surface area contributed by atoms with Crippen molar-refractivity contribution in [3.8, 4) is 0 Å². The maximum Gasteiger partial charge on any atom is 0.228 e. The van der Waals surface area contributed by atoms with Crippen LogP contribution in [0.3, 0.4) is 0 Å². The number of hydrogen-bond acceptors (Lipinski definition) is 5. The van der Waals surface area contributed by atoms with E-state index in [9.17, 15) is 4.79 Å². The Bertz CT molecular complexity index is 324. The lowest BCUT2D eigenvalue weighted by molar-refractivity contribution is -0.124. The summed E-state index contributed by atoms with van der Waals surface area (Å²) in [5.74, 6) is 0.933. The molecule has 0 saturated carbocycles. The lowest BCUT2D eigenvalue weighted by atomic mass is 10.2. The number of nitrogens with zero attached hydrogens (tertiary/aromatic N) is 2. The van der Waals surface area contributed by atoms with Gasteiger partial charge in [-0.3, -0.25) is 4.79 Å². The predicted molar refractivity (Wildman–Crippen MR) is 54.0 cm³/mol. The number of aromatic nitrogens is 2. The maximum absolute atomic E-state index is 11.3. The van der Waals surface area contributed by atoms with Crippen molar-refractivity contribution < 1.29 is 9.32 Å². The molecule has 1 aromatic rings. The molecule has 1 rings (SSSR count). The van der Waals surface area contributed by atoms with Crippen LogP contribution < -0.4 is 11.1 Å². The second-order valence-corrected chi connectivity index (χ2v) is 3.41. The molecule has 1 atom stereocenters. The second kappa shape index (κ2) is 5.45. The normalized spacial score (nSPS) is 12.5. The summed E-state index contributed by atoms with van der Waals surface area (Å²) in [6.45, 7) is 4.38. The van der Waals surface area contributed by atoms with Gasteiger partial charge in [-0.2, -0.15) is 4.98 Å². The van der Waals surface area contributed by atoms with Crippen LogP contribution in [0, 0.1) is 12.8 Å². The lowest BCUT2D eigenvalue weighted by Crippen LogP contribution is -2.34. The summed E-state index contributed by atoms with van der Waals surface area (Å²) in [4.78, 5) is 15.3. The van der Waals surface area contributed by atoms with Crippen molar-refractivity contribution in [2.24, 2.45) is 11.7 Å². The molecular formula is C9H16N4O2. The number of aryl methyl sites for hydroxylation is 1. The van der Waals surface area contributed by atoms with Crippen molar-refractivity contribution in [2.75, 3.05) is 13.1 Å². The topological polar surface area (TPSA) is 94.0 Å². The molecule has 1 amide bonds. The lowest BCUT2D eigenvalue weighted by Gasteiger charge is -2.08. The van der Waals surface area contributed by atoms with E-state index >= 15 is 0 Å². The first-order valence-corrected chi connectivity index (χ1v) is 4.90. The number of nitrogens with two attached hydrogens (primary N) is 1. The fourth-order valence-electron chi connectivity index (χ4n) is 1.02. The molecule has 6 nitrogen and oxygen atoms in total. The van der Waals surface area contributed by atoms with E-state index < -0.39 is 0 Å². The van der Waals surface area contributed by atoms with Gasteiger partial charge in [0.05, 0.1) is 0 Å². The molecule has 0 aliphatic carbocycles. The number of nitrogens with one attached hydrogen (secondary N) is 1. The van der Waals surface area contributed by atoms with Crippen molar-refractivity contribution in [3.63, 3.8) is 0 Å². The van der Waals surface area contributed by atoms with Gasteiger partial charge in [0, 0.05) is 25.4 Å². The molecule has 0 aliphatic rings. The molecule has 0 aliphatic heterocycles. The Labute approximate surface area is 88.2 Å². The van der Waals surface area contributed by atoms with Crippen molar-refractivity contribution in [1.29, 1.82) is 0 Å². The van der Waals surface area contributed by atoms with E-state index in [0.29, 0.717) is 31.2 Å². The van der Waals surface area contributed by atoms with Gasteiger partial charge in [0.25, 0.3) is 0 Å². The molecule has 6 heteroatoms. The number of carbonyl (C=O) groups excluding carboxylic acids is 1. The molecule has 0 aromatic carbocycles. The molecule has 15 heavy (non-hydrogen) atoms. The highest BCUT2D eigenvalue weighted by Crippen LogP contribution is 1.96. The standard InChI is InChI=1S/C9H16N4O2/c1-6(5-10)9(14)11-4-3-8-12-7(2)13-15-8/h6H,3-5,10H2,1-2H3,(H,11,14). The van der Waals surface area contributed by atoms with Crippen LogP contribution in [-0.4, -0.2) is 29.1 Å². The van der Waals surface area contributed by atoms with Crippen LogP contribution in [0.2, 0.25) is 0 Å². The molecule has 3 N–H and O–H groups in total. The summed E-state index contributed by atoms with van der Waals surface area (Å²) >= 11 is 0. The van der Waals surface area contributed by atoms with E-state index in [1.165, 1.54) is 0 Å². The van der Waals surface area contributed by atoms with Gasteiger partial charge in [-0.1, -0.05) is 12.1 Å². The highest BCUT2D eigenvalue weighted by Gasteiger charge is 2.10. The molecule has 0 radical (unpaired) electrons. The van der Waals surface area contributed by atoms with Crippen LogP contribution in [0.25, 0.3) is 0 Å². The van der Waals surface area contributed by atoms with Gasteiger partial charge >= 0.3 is 0 Å². The van der Waals surface area contributed by atoms with Crippen molar-refractivity contribution in [2.45, 2.75) is 20.3 Å². The van der Waals surface area contributed by atoms with Gasteiger partial charge in [0.1, 0.15) is 0 Å². The third kappa shape index (κ3) is 3.67. The fourth-order valence-corrected chi connectivity index (χ4v) is 1.02. The summed E-state index contributed by atoms with van der Waals surface area (Å²) in [6, 6.07) is 0. The Kier molecular flexibility index (Phi) is 4.23. The molecule has 0 spiro atoms.